The van der Waals surface area contributed by atoms with Crippen LogP contribution in [0.15, 0.2) is 78.9 Å². The Morgan fingerprint density at radius 1 is 0.871 bits per heavy atom. The zero-order chi connectivity index (χ0) is 21.6. The highest BCUT2D eigenvalue weighted by molar-refractivity contribution is 6.13. The van der Waals surface area contributed by atoms with Crippen molar-refractivity contribution >= 4 is 23.1 Å². The molecule has 1 aliphatic rings. The van der Waals surface area contributed by atoms with Gasteiger partial charge in [0.1, 0.15) is 0 Å². The van der Waals surface area contributed by atoms with E-state index in [1.165, 1.54) is 16.2 Å². The summed E-state index contributed by atoms with van der Waals surface area (Å²) in [4.78, 5) is 29.3. The fourth-order valence-electron chi connectivity index (χ4n) is 4.12. The van der Waals surface area contributed by atoms with E-state index in [1.54, 1.807) is 24.3 Å². The largest absolute Gasteiger partial charge is 0.360 e. The second-order valence-electron chi connectivity index (χ2n) is 7.99. The molecule has 0 aliphatic carbocycles. The molecule has 5 heteroatoms. The lowest BCUT2D eigenvalue weighted by Crippen LogP contribution is -3.15. The van der Waals surface area contributed by atoms with Gasteiger partial charge in [-0.05, 0) is 30.7 Å². The van der Waals surface area contributed by atoms with Crippen LogP contribution in [0.5, 0.6) is 0 Å². The normalized spacial score (nSPS) is 14.3. The van der Waals surface area contributed by atoms with Crippen LogP contribution in [-0.2, 0) is 4.79 Å². The highest BCUT2D eigenvalue weighted by Crippen LogP contribution is 2.20. The fourth-order valence-corrected chi connectivity index (χ4v) is 4.12. The zero-order valence-corrected chi connectivity index (χ0v) is 17.8. The summed E-state index contributed by atoms with van der Waals surface area (Å²) in [6.07, 6.45) is 0. The highest BCUT2D eigenvalue weighted by atomic mass is 16.2. The number of hydrogen-bond donors (Lipinski definition) is 2. The molecule has 158 valence electrons. The monoisotopic (exact) mass is 414 g/mol. The number of quaternary nitrogens is 1. The molecule has 1 fully saturated rings. The van der Waals surface area contributed by atoms with E-state index in [1.807, 2.05) is 30.3 Å². The lowest BCUT2D eigenvalue weighted by Gasteiger charge is -2.34. The molecule has 0 spiro atoms. The first kappa shape index (κ1) is 20.8. The summed E-state index contributed by atoms with van der Waals surface area (Å²) < 4.78 is 0. The molecule has 4 rings (SSSR count). The molecule has 31 heavy (non-hydrogen) atoms. The van der Waals surface area contributed by atoms with Gasteiger partial charge in [-0.3, -0.25) is 9.59 Å². The molecule has 0 atom stereocenters. The standard InChI is InChI=1S/C26H27N3O2/c1-20-9-5-8-14-24(20)29-17-15-28(16-18-29)19-25(30)27-23-13-7-6-12-22(23)26(31)21-10-3-2-4-11-21/h2-14H,15-19H2,1H3,(H,27,30)/p+1. The van der Waals surface area contributed by atoms with E-state index >= 15 is 0 Å². The summed E-state index contributed by atoms with van der Waals surface area (Å²) in [7, 11) is 0. The highest BCUT2D eigenvalue weighted by Gasteiger charge is 2.24. The van der Waals surface area contributed by atoms with Gasteiger partial charge in [0, 0.05) is 16.8 Å². The number of anilines is 2. The third-order valence-electron chi connectivity index (χ3n) is 5.82. The molecule has 0 bridgehead atoms. The van der Waals surface area contributed by atoms with Crippen molar-refractivity contribution < 1.29 is 14.5 Å². The van der Waals surface area contributed by atoms with Gasteiger partial charge in [0.05, 0.1) is 31.9 Å². The van der Waals surface area contributed by atoms with Crippen LogP contribution in [0.3, 0.4) is 0 Å². The van der Waals surface area contributed by atoms with Crippen LogP contribution in [0.1, 0.15) is 21.5 Å². The number of piperazine rings is 1. The van der Waals surface area contributed by atoms with Crippen molar-refractivity contribution in [3.63, 3.8) is 0 Å². The number of ketones is 1. The third-order valence-corrected chi connectivity index (χ3v) is 5.82. The van der Waals surface area contributed by atoms with Crippen molar-refractivity contribution in [3.05, 3.63) is 95.6 Å². The van der Waals surface area contributed by atoms with E-state index in [0.29, 0.717) is 23.4 Å². The number of benzene rings is 3. The number of carbonyl (C=O) groups excluding carboxylic acids is 2. The molecular formula is C26H28N3O2+. The smallest absolute Gasteiger partial charge is 0.279 e. The van der Waals surface area contributed by atoms with Crippen LogP contribution >= 0.6 is 0 Å². The molecule has 5 nitrogen and oxygen atoms in total. The summed E-state index contributed by atoms with van der Waals surface area (Å²) in [5, 5.41) is 2.97. The number of nitrogens with zero attached hydrogens (tertiary/aromatic N) is 1. The van der Waals surface area contributed by atoms with Crippen molar-refractivity contribution in [2.75, 3.05) is 42.9 Å². The summed E-state index contributed by atoms with van der Waals surface area (Å²) in [6, 6.07) is 24.8. The number of aryl methyl sites for hydroxylation is 1. The Kier molecular flexibility index (Phi) is 6.43. The Bertz CT molecular complexity index is 1060. The third kappa shape index (κ3) is 5.01. The molecule has 1 amide bonds. The summed E-state index contributed by atoms with van der Waals surface area (Å²) in [5.41, 5.74) is 4.26. The van der Waals surface area contributed by atoms with E-state index in [4.69, 9.17) is 0 Å². The van der Waals surface area contributed by atoms with Crippen LogP contribution in [0.25, 0.3) is 0 Å². The Labute approximate surface area is 183 Å². The summed E-state index contributed by atoms with van der Waals surface area (Å²) in [5.74, 6) is -0.150. The second kappa shape index (κ2) is 9.58. The van der Waals surface area contributed by atoms with Crippen LogP contribution in [0.2, 0.25) is 0 Å². The van der Waals surface area contributed by atoms with Gasteiger partial charge in [0.25, 0.3) is 5.91 Å². The average molecular weight is 415 g/mol. The molecule has 1 aliphatic heterocycles. The van der Waals surface area contributed by atoms with Crippen molar-refractivity contribution in [2.45, 2.75) is 6.92 Å². The topological polar surface area (TPSA) is 53.9 Å². The van der Waals surface area contributed by atoms with E-state index in [-0.39, 0.29) is 11.7 Å². The predicted molar refractivity (Wildman–Crippen MR) is 124 cm³/mol. The molecule has 1 heterocycles. The number of para-hydroxylation sites is 2. The van der Waals surface area contributed by atoms with E-state index in [0.717, 1.165) is 26.2 Å². The molecule has 3 aromatic carbocycles. The van der Waals surface area contributed by atoms with Gasteiger partial charge in [-0.1, -0.05) is 60.7 Å². The van der Waals surface area contributed by atoms with Gasteiger partial charge in [0.2, 0.25) is 0 Å². The Morgan fingerprint density at radius 2 is 1.52 bits per heavy atom. The Balaban J connectivity index is 1.36. The SMILES string of the molecule is Cc1ccccc1N1CC[NH+](CC(=O)Nc2ccccc2C(=O)c2ccccc2)CC1. The molecule has 0 radical (unpaired) electrons. The maximum Gasteiger partial charge on any atom is 0.279 e. The van der Waals surface area contributed by atoms with Crippen molar-refractivity contribution in [2.24, 2.45) is 0 Å². The van der Waals surface area contributed by atoms with E-state index in [9.17, 15) is 9.59 Å². The first-order valence-electron chi connectivity index (χ1n) is 10.7. The quantitative estimate of drug-likeness (QED) is 0.610. The number of carbonyl (C=O) groups is 2. The van der Waals surface area contributed by atoms with Crippen molar-refractivity contribution in [1.29, 1.82) is 0 Å². The van der Waals surface area contributed by atoms with Crippen molar-refractivity contribution in [3.8, 4) is 0 Å². The maximum absolute atomic E-state index is 12.9. The van der Waals surface area contributed by atoms with Crippen LogP contribution < -0.4 is 15.1 Å². The van der Waals surface area contributed by atoms with Gasteiger partial charge in [-0.2, -0.15) is 0 Å². The van der Waals surface area contributed by atoms with Gasteiger partial charge in [-0.25, -0.2) is 0 Å². The van der Waals surface area contributed by atoms with Gasteiger partial charge < -0.3 is 15.1 Å². The van der Waals surface area contributed by atoms with Crippen LogP contribution in [0.4, 0.5) is 11.4 Å². The number of hydrogen-bond acceptors (Lipinski definition) is 3. The molecule has 0 saturated carbocycles. The van der Waals surface area contributed by atoms with Gasteiger partial charge in [-0.15, -0.1) is 0 Å². The lowest BCUT2D eigenvalue weighted by molar-refractivity contribution is -0.892. The second-order valence-corrected chi connectivity index (χ2v) is 7.99. The minimum Gasteiger partial charge on any atom is -0.360 e. The fraction of sp³-hybridized carbons (Fsp3) is 0.231. The van der Waals surface area contributed by atoms with Gasteiger partial charge >= 0.3 is 0 Å². The minimum atomic E-state index is -0.0873. The minimum absolute atomic E-state index is 0.0624. The van der Waals surface area contributed by atoms with E-state index < -0.39 is 0 Å². The molecule has 0 aromatic heterocycles. The number of rotatable bonds is 6. The lowest BCUT2D eigenvalue weighted by atomic mass is 10.0. The van der Waals surface area contributed by atoms with Gasteiger partial charge in [0.15, 0.2) is 12.3 Å². The first-order valence-corrected chi connectivity index (χ1v) is 10.7. The zero-order valence-electron chi connectivity index (χ0n) is 17.8. The predicted octanol–water partition coefficient (Wildman–Crippen LogP) is 2.57. The molecule has 1 saturated heterocycles. The molecule has 0 unspecified atom stereocenters. The summed E-state index contributed by atoms with van der Waals surface area (Å²) in [6.45, 7) is 6.21. The molecule has 3 aromatic rings. The van der Waals surface area contributed by atoms with Crippen LogP contribution in [-0.4, -0.2) is 44.4 Å². The first-order chi connectivity index (χ1) is 15.1. The molecular weight excluding hydrogens is 386 g/mol. The number of nitrogens with one attached hydrogen (secondary N) is 2. The maximum atomic E-state index is 12.9. The Hall–Kier alpha value is -3.44. The number of amides is 1. The van der Waals surface area contributed by atoms with Crippen LogP contribution in [0, 0.1) is 6.92 Å². The Morgan fingerprint density at radius 3 is 2.26 bits per heavy atom. The average Bonchev–Trinajstić information content (AvgIpc) is 2.80. The summed E-state index contributed by atoms with van der Waals surface area (Å²) >= 11 is 0. The molecule has 2 N–H and O–H groups in total. The van der Waals surface area contributed by atoms with Crippen molar-refractivity contribution in [1.82, 2.24) is 0 Å². The van der Waals surface area contributed by atoms with E-state index in [2.05, 4.69) is 41.4 Å².